The van der Waals surface area contributed by atoms with Gasteiger partial charge in [0.15, 0.2) is 11.0 Å². The molecule has 204 valence electrons. The SMILES string of the molecule is Cc1ccccc1N1C(=O)CSC1=NC(=O)NCc1cccc(-c2ncn(-c3ccc(OC(F)(F)F)cc3)n2)c1. The summed E-state index contributed by atoms with van der Waals surface area (Å²) < 4.78 is 42.5. The van der Waals surface area contributed by atoms with E-state index in [4.69, 9.17) is 0 Å². The van der Waals surface area contributed by atoms with E-state index >= 15 is 0 Å². The van der Waals surface area contributed by atoms with Crippen molar-refractivity contribution in [2.45, 2.75) is 19.8 Å². The minimum absolute atomic E-state index is 0.143. The Morgan fingerprint density at radius 2 is 1.88 bits per heavy atom. The number of para-hydroxylation sites is 1. The van der Waals surface area contributed by atoms with Crippen LogP contribution < -0.4 is 15.0 Å². The van der Waals surface area contributed by atoms with Crippen molar-refractivity contribution in [2.24, 2.45) is 4.99 Å². The number of amides is 3. The van der Waals surface area contributed by atoms with Gasteiger partial charge in [0.2, 0.25) is 5.91 Å². The number of rotatable bonds is 6. The zero-order valence-electron chi connectivity index (χ0n) is 20.9. The van der Waals surface area contributed by atoms with Crippen molar-refractivity contribution in [3.8, 4) is 22.8 Å². The van der Waals surface area contributed by atoms with Crippen molar-refractivity contribution in [3.63, 3.8) is 0 Å². The summed E-state index contributed by atoms with van der Waals surface area (Å²) in [6.07, 6.45) is -3.32. The smallest absolute Gasteiger partial charge is 0.406 e. The van der Waals surface area contributed by atoms with E-state index in [9.17, 15) is 22.8 Å². The minimum atomic E-state index is -4.77. The maximum absolute atomic E-state index is 12.6. The largest absolute Gasteiger partial charge is 0.573 e. The predicted molar refractivity (Wildman–Crippen MR) is 144 cm³/mol. The molecule has 1 fully saturated rings. The van der Waals surface area contributed by atoms with E-state index in [1.54, 1.807) is 18.2 Å². The number of halogens is 3. The van der Waals surface area contributed by atoms with E-state index in [2.05, 4.69) is 25.1 Å². The van der Waals surface area contributed by atoms with Crippen LogP contribution in [0.4, 0.5) is 23.7 Å². The van der Waals surface area contributed by atoms with Crippen LogP contribution in [0, 0.1) is 6.92 Å². The quantitative estimate of drug-likeness (QED) is 0.331. The molecule has 2 heterocycles. The fraction of sp³-hybridized carbons (Fsp3) is 0.148. The van der Waals surface area contributed by atoms with Crippen LogP contribution in [0.3, 0.4) is 0 Å². The summed E-state index contributed by atoms with van der Waals surface area (Å²) in [6, 6.07) is 19.3. The van der Waals surface area contributed by atoms with Gasteiger partial charge in [0.1, 0.15) is 12.1 Å². The third-order valence-electron chi connectivity index (χ3n) is 5.77. The molecule has 1 aliphatic rings. The summed E-state index contributed by atoms with van der Waals surface area (Å²) in [5.74, 6) is 0.112. The van der Waals surface area contributed by atoms with Gasteiger partial charge >= 0.3 is 12.4 Å². The molecule has 0 saturated carbocycles. The second-order valence-corrected chi connectivity index (χ2v) is 9.55. The maximum atomic E-state index is 12.6. The Hall–Kier alpha value is -4.65. The lowest BCUT2D eigenvalue weighted by molar-refractivity contribution is -0.274. The number of ether oxygens (including phenoxy) is 1. The number of benzene rings is 3. The molecule has 4 aromatic rings. The summed E-state index contributed by atoms with van der Waals surface area (Å²) in [6.45, 7) is 2.06. The van der Waals surface area contributed by atoms with Gasteiger partial charge in [-0.15, -0.1) is 18.3 Å². The molecule has 0 unspecified atom stereocenters. The number of carbonyl (C=O) groups is 2. The molecule has 1 N–H and O–H groups in total. The van der Waals surface area contributed by atoms with Crippen LogP contribution in [0.25, 0.3) is 17.1 Å². The second kappa shape index (κ2) is 11.2. The Bertz CT molecular complexity index is 1590. The normalized spacial score (nSPS) is 14.6. The molecular weight excluding hydrogens is 545 g/mol. The Morgan fingerprint density at radius 1 is 1.10 bits per heavy atom. The first-order valence-electron chi connectivity index (χ1n) is 11.9. The molecule has 0 atom stereocenters. The van der Waals surface area contributed by atoms with Crippen LogP contribution in [0.1, 0.15) is 11.1 Å². The van der Waals surface area contributed by atoms with Gasteiger partial charge in [-0.2, -0.15) is 4.99 Å². The molecule has 40 heavy (non-hydrogen) atoms. The van der Waals surface area contributed by atoms with Crippen LogP contribution >= 0.6 is 11.8 Å². The standard InChI is InChI=1S/C27H21F3N6O3S/c1-17-5-2-3-8-22(17)36-23(37)15-40-26(36)33-25(38)31-14-18-6-4-7-19(13-18)24-32-16-35(34-24)20-9-11-21(12-10-20)39-27(28,29)30/h2-13,16H,14-15H2,1H3,(H,31,38). The Morgan fingerprint density at radius 3 is 2.62 bits per heavy atom. The number of nitrogens with one attached hydrogen (secondary N) is 1. The molecule has 13 heteroatoms. The lowest BCUT2D eigenvalue weighted by atomic mass is 10.1. The monoisotopic (exact) mass is 566 g/mol. The highest BCUT2D eigenvalue weighted by atomic mass is 32.2. The molecule has 0 bridgehead atoms. The van der Waals surface area contributed by atoms with Crippen LogP contribution in [-0.4, -0.2) is 44.0 Å². The van der Waals surface area contributed by atoms with E-state index in [0.717, 1.165) is 11.1 Å². The first-order chi connectivity index (χ1) is 19.2. The maximum Gasteiger partial charge on any atom is 0.573 e. The Labute approximate surface area is 230 Å². The van der Waals surface area contributed by atoms with E-state index in [0.29, 0.717) is 27.9 Å². The highest BCUT2D eigenvalue weighted by Gasteiger charge is 2.32. The highest BCUT2D eigenvalue weighted by molar-refractivity contribution is 8.15. The molecule has 0 aliphatic carbocycles. The van der Waals surface area contributed by atoms with Crippen LogP contribution in [-0.2, 0) is 11.3 Å². The Balaban J connectivity index is 1.24. The van der Waals surface area contributed by atoms with Crippen LogP contribution in [0.2, 0.25) is 0 Å². The molecular formula is C27H21F3N6O3S. The molecule has 0 spiro atoms. The van der Waals surface area contributed by atoms with Crippen molar-refractivity contribution in [2.75, 3.05) is 10.7 Å². The van der Waals surface area contributed by atoms with Crippen molar-refractivity contribution in [1.29, 1.82) is 0 Å². The van der Waals surface area contributed by atoms with Gasteiger partial charge in [0.05, 0.1) is 17.1 Å². The third-order valence-corrected chi connectivity index (χ3v) is 6.70. The molecule has 9 nitrogen and oxygen atoms in total. The van der Waals surface area contributed by atoms with Gasteiger partial charge in [-0.25, -0.2) is 14.5 Å². The number of thioether (sulfide) groups is 1. The Kier molecular flexibility index (Phi) is 7.56. The number of amidine groups is 1. The summed E-state index contributed by atoms with van der Waals surface area (Å²) in [4.78, 5) is 34.9. The lowest BCUT2D eigenvalue weighted by Gasteiger charge is -2.18. The number of anilines is 1. The number of hydrogen-bond donors (Lipinski definition) is 1. The fourth-order valence-electron chi connectivity index (χ4n) is 3.94. The lowest BCUT2D eigenvalue weighted by Crippen LogP contribution is -2.31. The molecule has 1 saturated heterocycles. The van der Waals surface area contributed by atoms with Gasteiger partial charge in [-0.3, -0.25) is 9.69 Å². The molecule has 5 rings (SSSR count). The minimum Gasteiger partial charge on any atom is -0.406 e. The average molecular weight is 567 g/mol. The fourth-order valence-corrected chi connectivity index (χ4v) is 4.80. The molecule has 3 amide bonds. The van der Waals surface area contributed by atoms with Crippen molar-refractivity contribution in [1.82, 2.24) is 20.1 Å². The summed E-state index contributed by atoms with van der Waals surface area (Å²) in [5, 5.41) is 7.46. The van der Waals surface area contributed by atoms with E-state index in [-0.39, 0.29) is 24.0 Å². The first kappa shape index (κ1) is 26.9. The van der Waals surface area contributed by atoms with Crippen molar-refractivity contribution >= 4 is 34.6 Å². The topological polar surface area (TPSA) is 102 Å². The van der Waals surface area contributed by atoms with Gasteiger partial charge < -0.3 is 10.1 Å². The predicted octanol–water partition coefficient (Wildman–Crippen LogP) is 5.49. The van der Waals surface area contributed by atoms with Crippen LogP contribution in [0.5, 0.6) is 5.75 Å². The molecule has 1 aromatic heterocycles. The first-order valence-corrected chi connectivity index (χ1v) is 12.9. The number of urea groups is 1. The number of hydrogen-bond acceptors (Lipinski definition) is 6. The zero-order chi connectivity index (χ0) is 28.3. The number of aryl methyl sites for hydroxylation is 1. The van der Waals surface area contributed by atoms with Gasteiger partial charge in [0, 0.05) is 12.1 Å². The van der Waals surface area contributed by atoms with Crippen molar-refractivity contribution in [3.05, 3.63) is 90.3 Å². The summed E-state index contributed by atoms with van der Waals surface area (Å²) >= 11 is 1.21. The average Bonchev–Trinajstić information content (AvgIpc) is 3.55. The van der Waals surface area contributed by atoms with Gasteiger partial charge in [0.25, 0.3) is 0 Å². The van der Waals surface area contributed by atoms with Gasteiger partial charge in [-0.05, 0) is 54.4 Å². The second-order valence-electron chi connectivity index (χ2n) is 8.61. The summed E-state index contributed by atoms with van der Waals surface area (Å²) in [5.41, 5.74) is 3.53. The number of alkyl halides is 3. The molecule has 3 aromatic carbocycles. The third kappa shape index (κ3) is 6.31. The summed E-state index contributed by atoms with van der Waals surface area (Å²) in [7, 11) is 0. The van der Waals surface area contributed by atoms with Crippen molar-refractivity contribution < 1.29 is 27.5 Å². The van der Waals surface area contributed by atoms with Crippen LogP contribution in [0.15, 0.2) is 84.1 Å². The zero-order valence-corrected chi connectivity index (χ0v) is 21.7. The number of aliphatic imine (C=N–C) groups is 1. The number of carbonyl (C=O) groups excluding carboxylic acids is 2. The molecule has 0 radical (unpaired) electrons. The van der Waals surface area contributed by atoms with E-state index in [1.165, 1.54) is 51.9 Å². The number of aromatic nitrogens is 3. The van der Waals surface area contributed by atoms with E-state index in [1.807, 2.05) is 37.3 Å². The van der Waals surface area contributed by atoms with Gasteiger partial charge in [-0.1, -0.05) is 48.2 Å². The highest BCUT2D eigenvalue weighted by Crippen LogP contribution is 2.29. The molecule has 1 aliphatic heterocycles. The number of nitrogens with zero attached hydrogens (tertiary/aromatic N) is 5. The van der Waals surface area contributed by atoms with E-state index < -0.39 is 12.4 Å².